The molecule has 2 atom stereocenters. The van der Waals surface area contributed by atoms with Gasteiger partial charge in [-0.1, -0.05) is 13.8 Å². The lowest BCUT2D eigenvalue weighted by atomic mass is 9.94. The summed E-state index contributed by atoms with van der Waals surface area (Å²) in [4.78, 5) is 13.6. The van der Waals surface area contributed by atoms with Crippen LogP contribution in [0.3, 0.4) is 0 Å². The lowest BCUT2D eigenvalue weighted by Crippen LogP contribution is -2.43. The van der Waals surface area contributed by atoms with Gasteiger partial charge >= 0.3 is 0 Å². The first-order valence-electron chi connectivity index (χ1n) is 10.7. The van der Waals surface area contributed by atoms with E-state index >= 15 is 0 Å². The predicted molar refractivity (Wildman–Crippen MR) is 114 cm³/mol. The van der Waals surface area contributed by atoms with Gasteiger partial charge in [-0.2, -0.15) is 5.10 Å². The highest BCUT2D eigenvalue weighted by molar-refractivity contribution is 5.50. The van der Waals surface area contributed by atoms with Crippen molar-refractivity contribution in [2.75, 3.05) is 47.9 Å². The summed E-state index contributed by atoms with van der Waals surface area (Å²) in [6.07, 6.45) is 6.85. The summed E-state index contributed by atoms with van der Waals surface area (Å²) in [6.45, 7) is 9.03. The monoisotopic (exact) mass is 397 g/mol. The molecule has 1 N–H and O–H groups in total. The minimum Gasteiger partial charge on any atom is -0.376 e. The molecule has 0 aromatic carbocycles. The van der Waals surface area contributed by atoms with Crippen molar-refractivity contribution in [2.45, 2.75) is 45.3 Å². The Bertz CT molecular complexity index is 773. The normalized spacial score (nSPS) is 23.1. The quantitative estimate of drug-likeness (QED) is 0.825. The van der Waals surface area contributed by atoms with Gasteiger partial charge in [0.1, 0.15) is 18.0 Å². The molecule has 0 radical (unpaired) electrons. The molecule has 8 nitrogen and oxygen atoms in total. The van der Waals surface area contributed by atoms with Crippen molar-refractivity contribution in [1.29, 1.82) is 0 Å². The van der Waals surface area contributed by atoms with Gasteiger partial charge in [0.05, 0.1) is 12.1 Å². The SMILES string of the molecule is CC(C)C1OCCCC1Nc1cc(N2CCCN(c3cccnn3)CC2)ncn1. The molecule has 2 aromatic heterocycles. The third-order valence-corrected chi connectivity index (χ3v) is 5.71. The van der Waals surface area contributed by atoms with Crippen molar-refractivity contribution >= 4 is 17.5 Å². The molecule has 8 heteroatoms. The maximum atomic E-state index is 6.01. The highest BCUT2D eigenvalue weighted by Gasteiger charge is 2.29. The largest absolute Gasteiger partial charge is 0.376 e. The molecule has 4 heterocycles. The van der Waals surface area contributed by atoms with Crippen LogP contribution in [0.2, 0.25) is 0 Å². The Morgan fingerprint density at radius 3 is 2.66 bits per heavy atom. The van der Waals surface area contributed by atoms with Gasteiger partial charge in [0, 0.05) is 45.0 Å². The average Bonchev–Trinajstić information content (AvgIpc) is 3.01. The smallest absolute Gasteiger partial charge is 0.151 e. The highest BCUT2D eigenvalue weighted by atomic mass is 16.5. The Morgan fingerprint density at radius 2 is 1.90 bits per heavy atom. The maximum Gasteiger partial charge on any atom is 0.151 e. The molecule has 2 fully saturated rings. The second kappa shape index (κ2) is 9.35. The molecule has 0 bridgehead atoms. The number of hydrogen-bond acceptors (Lipinski definition) is 8. The van der Waals surface area contributed by atoms with Crippen LogP contribution < -0.4 is 15.1 Å². The van der Waals surface area contributed by atoms with Crippen LogP contribution in [-0.2, 0) is 4.74 Å². The number of hydrogen-bond donors (Lipinski definition) is 1. The average molecular weight is 398 g/mol. The van der Waals surface area contributed by atoms with Crippen LogP contribution in [0, 0.1) is 5.92 Å². The fraction of sp³-hybridized carbons (Fsp3) is 0.619. The first-order chi connectivity index (χ1) is 14.2. The molecular formula is C21H31N7O. The van der Waals surface area contributed by atoms with E-state index in [0.29, 0.717) is 12.0 Å². The summed E-state index contributed by atoms with van der Waals surface area (Å²) in [6, 6.07) is 6.33. The fourth-order valence-corrected chi connectivity index (χ4v) is 4.24. The maximum absolute atomic E-state index is 6.01. The first kappa shape index (κ1) is 19.8. The van der Waals surface area contributed by atoms with Gasteiger partial charge in [-0.05, 0) is 37.3 Å². The number of ether oxygens (including phenoxy) is 1. The third kappa shape index (κ3) is 4.93. The zero-order valence-electron chi connectivity index (χ0n) is 17.4. The van der Waals surface area contributed by atoms with Crippen LogP contribution in [0.1, 0.15) is 33.1 Å². The van der Waals surface area contributed by atoms with Crippen LogP contribution in [0.15, 0.2) is 30.7 Å². The third-order valence-electron chi connectivity index (χ3n) is 5.71. The molecule has 29 heavy (non-hydrogen) atoms. The molecular weight excluding hydrogens is 366 g/mol. The van der Waals surface area contributed by atoms with Gasteiger partial charge in [0.25, 0.3) is 0 Å². The van der Waals surface area contributed by atoms with Crippen LogP contribution in [0.5, 0.6) is 0 Å². The lowest BCUT2D eigenvalue weighted by Gasteiger charge is -2.35. The number of anilines is 3. The molecule has 0 saturated carbocycles. The molecule has 0 amide bonds. The van der Waals surface area contributed by atoms with Crippen LogP contribution in [0.25, 0.3) is 0 Å². The topological polar surface area (TPSA) is 79.3 Å². The summed E-state index contributed by atoms with van der Waals surface area (Å²) in [7, 11) is 0. The second-order valence-electron chi connectivity index (χ2n) is 8.14. The van der Waals surface area contributed by atoms with E-state index in [-0.39, 0.29) is 6.10 Å². The standard InChI is InChI=1S/C21H31N7O/c1-16(2)21-17(6-4-13-29-21)25-18-14-20(23-15-22-18)28-10-5-9-27(11-12-28)19-7-3-8-24-26-19/h3,7-8,14-17,21H,4-6,9-13H2,1-2H3,(H,22,23,25). The summed E-state index contributed by atoms with van der Waals surface area (Å²) in [5.74, 6) is 3.27. The number of rotatable bonds is 5. The van der Waals surface area contributed by atoms with E-state index in [1.807, 2.05) is 12.1 Å². The molecule has 2 saturated heterocycles. The highest BCUT2D eigenvalue weighted by Crippen LogP contribution is 2.25. The van der Waals surface area contributed by atoms with Crippen molar-refractivity contribution in [3.63, 3.8) is 0 Å². The lowest BCUT2D eigenvalue weighted by molar-refractivity contribution is -0.0203. The molecule has 2 aliphatic rings. The van der Waals surface area contributed by atoms with Gasteiger partial charge < -0.3 is 19.9 Å². The van der Waals surface area contributed by atoms with Gasteiger partial charge in [-0.3, -0.25) is 0 Å². The number of nitrogens with zero attached hydrogens (tertiary/aromatic N) is 6. The van der Waals surface area contributed by atoms with E-state index in [4.69, 9.17) is 4.74 Å². The van der Waals surface area contributed by atoms with Crippen molar-refractivity contribution in [2.24, 2.45) is 5.92 Å². The van der Waals surface area contributed by atoms with E-state index in [1.54, 1.807) is 12.5 Å². The van der Waals surface area contributed by atoms with Crippen LogP contribution in [-0.4, -0.2) is 65.1 Å². The van der Waals surface area contributed by atoms with Gasteiger partial charge in [-0.15, -0.1) is 5.10 Å². The minimum atomic E-state index is 0.223. The van der Waals surface area contributed by atoms with E-state index in [0.717, 1.165) is 69.5 Å². The molecule has 0 aliphatic carbocycles. The van der Waals surface area contributed by atoms with Crippen LogP contribution >= 0.6 is 0 Å². The summed E-state index contributed by atoms with van der Waals surface area (Å²) in [5.41, 5.74) is 0. The van der Waals surface area contributed by atoms with Crippen LogP contribution in [0.4, 0.5) is 17.5 Å². The number of nitrogens with one attached hydrogen (secondary N) is 1. The summed E-state index contributed by atoms with van der Waals surface area (Å²) < 4.78 is 6.01. The molecule has 0 spiro atoms. The minimum absolute atomic E-state index is 0.223. The predicted octanol–water partition coefficient (Wildman–Crippen LogP) is 2.60. The van der Waals surface area contributed by atoms with Gasteiger partial charge in [-0.25, -0.2) is 9.97 Å². The Labute approximate surface area is 172 Å². The zero-order chi connectivity index (χ0) is 20.1. The summed E-state index contributed by atoms with van der Waals surface area (Å²) >= 11 is 0. The fourth-order valence-electron chi connectivity index (χ4n) is 4.24. The molecule has 2 aromatic rings. The summed E-state index contributed by atoms with van der Waals surface area (Å²) in [5, 5.41) is 11.9. The Balaban J connectivity index is 1.42. The van der Waals surface area contributed by atoms with E-state index in [1.165, 1.54) is 0 Å². The van der Waals surface area contributed by atoms with Crippen molar-refractivity contribution in [1.82, 2.24) is 20.2 Å². The Hall–Kier alpha value is -2.48. The van der Waals surface area contributed by atoms with Gasteiger partial charge in [0.15, 0.2) is 5.82 Å². The molecule has 156 valence electrons. The second-order valence-corrected chi connectivity index (χ2v) is 8.14. The molecule has 4 rings (SSSR count). The van der Waals surface area contributed by atoms with Crippen molar-refractivity contribution in [3.05, 3.63) is 30.7 Å². The zero-order valence-corrected chi connectivity index (χ0v) is 17.4. The van der Waals surface area contributed by atoms with Crippen molar-refractivity contribution in [3.8, 4) is 0 Å². The first-order valence-corrected chi connectivity index (χ1v) is 10.7. The van der Waals surface area contributed by atoms with E-state index < -0.39 is 0 Å². The Kier molecular flexibility index (Phi) is 6.39. The van der Waals surface area contributed by atoms with E-state index in [2.05, 4.69) is 55.2 Å². The van der Waals surface area contributed by atoms with Crippen molar-refractivity contribution < 1.29 is 4.74 Å². The Morgan fingerprint density at radius 1 is 1.07 bits per heavy atom. The molecule has 2 aliphatic heterocycles. The van der Waals surface area contributed by atoms with E-state index in [9.17, 15) is 0 Å². The number of aromatic nitrogens is 4. The van der Waals surface area contributed by atoms with Gasteiger partial charge in [0.2, 0.25) is 0 Å². The molecule has 2 unspecified atom stereocenters.